The summed E-state index contributed by atoms with van der Waals surface area (Å²) in [6.07, 6.45) is 0. The fourth-order valence-electron chi connectivity index (χ4n) is 2.47. The lowest BCUT2D eigenvalue weighted by Gasteiger charge is -2.29. The van der Waals surface area contributed by atoms with Crippen molar-refractivity contribution >= 4 is 17.6 Å². The summed E-state index contributed by atoms with van der Waals surface area (Å²) < 4.78 is 10.4. The molecular formula is C18H17NO4. The van der Waals surface area contributed by atoms with Crippen molar-refractivity contribution in [2.24, 2.45) is 0 Å². The van der Waals surface area contributed by atoms with Crippen LogP contribution in [-0.4, -0.2) is 25.1 Å². The van der Waals surface area contributed by atoms with Gasteiger partial charge in [0.15, 0.2) is 6.61 Å². The first kappa shape index (κ1) is 15.1. The maximum Gasteiger partial charge on any atom is 0.338 e. The van der Waals surface area contributed by atoms with Crippen LogP contribution in [0.15, 0.2) is 48.5 Å². The van der Waals surface area contributed by atoms with E-state index in [-0.39, 0.29) is 18.5 Å². The van der Waals surface area contributed by atoms with Crippen LogP contribution in [0.1, 0.15) is 22.8 Å². The first-order chi connectivity index (χ1) is 11.2. The summed E-state index contributed by atoms with van der Waals surface area (Å²) in [5, 5.41) is 0. The third-order valence-corrected chi connectivity index (χ3v) is 3.61. The van der Waals surface area contributed by atoms with Gasteiger partial charge in [0.05, 0.1) is 24.4 Å². The third kappa shape index (κ3) is 3.18. The fourth-order valence-corrected chi connectivity index (χ4v) is 2.47. The molecule has 0 atom stereocenters. The molecule has 1 aliphatic heterocycles. The summed E-state index contributed by atoms with van der Waals surface area (Å²) >= 11 is 0. The number of hydrogen-bond donors (Lipinski definition) is 0. The van der Waals surface area contributed by atoms with Gasteiger partial charge < -0.3 is 14.4 Å². The van der Waals surface area contributed by atoms with Crippen LogP contribution in [0.25, 0.3) is 0 Å². The van der Waals surface area contributed by atoms with Crippen LogP contribution in [0, 0.1) is 0 Å². The molecule has 0 aromatic heterocycles. The second kappa shape index (κ2) is 6.52. The Bertz CT molecular complexity index is 724. The molecule has 1 heterocycles. The first-order valence-corrected chi connectivity index (χ1v) is 7.47. The number of para-hydroxylation sites is 2. The summed E-state index contributed by atoms with van der Waals surface area (Å²) in [5.41, 5.74) is 2.20. The second-order valence-corrected chi connectivity index (χ2v) is 5.15. The highest BCUT2D eigenvalue weighted by Crippen LogP contribution is 2.32. The number of benzene rings is 2. The summed E-state index contributed by atoms with van der Waals surface area (Å²) in [5.74, 6) is 0.278. The molecule has 0 saturated carbocycles. The minimum atomic E-state index is -0.341. The molecule has 2 aromatic carbocycles. The van der Waals surface area contributed by atoms with E-state index in [1.165, 1.54) is 0 Å². The molecule has 0 unspecified atom stereocenters. The van der Waals surface area contributed by atoms with Gasteiger partial charge >= 0.3 is 5.97 Å². The van der Waals surface area contributed by atoms with E-state index in [2.05, 4.69) is 0 Å². The standard InChI is InChI=1S/C18H17NO4/c1-2-22-18(21)14-9-7-13(8-10-14)11-19-15-5-3-4-6-16(15)23-12-17(19)20/h3-10H,2,11-12H2,1H3. The number of carbonyl (C=O) groups is 2. The molecule has 0 bridgehead atoms. The van der Waals surface area contributed by atoms with E-state index in [0.717, 1.165) is 11.3 Å². The summed E-state index contributed by atoms with van der Waals surface area (Å²) in [7, 11) is 0. The lowest BCUT2D eigenvalue weighted by Crippen LogP contribution is -2.38. The van der Waals surface area contributed by atoms with Crippen LogP contribution >= 0.6 is 0 Å². The van der Waals surface area contributed by atoms with Gasteiger partial charge in [-0.3, -0.25) is 4.79 Å². The van der Waals surface area contributed by atoms with Gasteiger partial charge in [-0.1, -0.05) is 24.3 Å². The molecule has 118 valence electrons. The van der Waals surface area contributed by atoms with Crippen LogP contribution in [0.4, 0.5) is 5.69 Å². The summed E-state index contributed by atoms with van der Waals surface area (Å²) in [4.78, 5) is 25.5. The van der Waals surface area contributed by atoms with Gasteiger partial charge in [-0.2, -0.15) is 0 Å². The molecule has 0 N–H and O–H groups in total. The minimum Gasteiger partial charge on any atom is -0.482 e. The van der Waals surface area contributed by atoms with E-state index in [1.54, 1.807) is 24.0 Å². The molecule has 1 aliphatic rings. The molecule has 0 spiro atoms. The number of nitrogens with zero attached hydrogens (tertiary/aromatic N) is 1. The molecule has 0 fully saturated rings. The Hall–Kier alpha value is -2.82. The van der Waals surface area contributed by atoms with Crippen LogP contribution in [0.5, 0.6) is 5.75 Å². The second-order valence-electron chi connectivity index (χ2n) is 5.15. The van der Waals surface area contributed by atoms with Gasteiger partial charge in [-0.15, -0.1) is 0 Å². The highest BCUT2D eigenvalue weighted by molar-refractivity contribution is 5.97. The Morgan fingerprint density at radius 1 is 1.17 bits per heavy atom. The van der Waals surface area contributed by atoms with E-state index in [1.807, 2.05) is 36.4 Å². The number of esters is 1. The van der Waals surface area contributed by atoms with Crippen LogP contribution < -0.4 is 9.64 Å². The van der Waals surface area contributed by atoms with Crippen molar-refractivity contribution in [1.29, 1.82) is 0 Å². The Labute approximate surface area is 134 Å². The van der Waals surface area contributed by atoms with E-state index in [9.17, 15) is 9.59 Å². The van der Waals surface area contributed by atoms with Crippen molar-refractivity contribution in [3.63, 3.8) is 0 Å². The predicted octanol–water partition coefficient (Wildman–Crippen LogP) is 2.79. The average Bonchev–Trinajstić information content (AvgIpc) is 2.58. The molecule has 0 aliphatic carbocycles. The minimum absolute atomic E-state index is 0.0396. The molecular weight excluding hydrogens is 294 g/mol. The Kier molecular flexibility index (Phi) is 4.28. The number of anilines is 1. The van der Waals surface area contributed by atoms with Crippen molar-refractivity contribution in [3.05, 3.63) is 59.7 Å². The lowest BCUT2D eigenvalue weighted by molar-refractivity contribution is -0.121. The SMILES string of the molecule is CCOC(=O)c1ccc(CN2C(=O)COc3ccccc32)cc1. The number of rotatable bonds is 4. The maximum absolute atomic E-state index is 12.1. The highest BCUT2D eigenvalue weighted by Gasteiger charge is 2.25. The monoisotopic (exact) mass is 311 g/mol. The fraction of sp³-hybridized carbons (Fsp3) is 0.222. The van der Waals surface area contributed by atoms with Crippen molar-refractivity contribution in [2.75, 3.05) is 18.1 Å². The largest absolute Gasteiger partial charge is 0.482 e. The molecule has 3 rings (SSSR count). The van der Waals surface area contributed by atoms with Crippen molar-refractivity contribution in [3.8, 4) is 5.75 Å². The number of hydrogen-bond acceptors (Lipinski definition) is 4. The zero-order valence-corrected chi connectivity index (χ0v) is 12.8. The first-order valence-electron chi connectivity index (χ1n) is 7.47. The summed E-state index contributed by atoms with van der Waals surface area (Å²) in [6, 6.07) is 14.5. The van der Waals surface area contributed by atoms with Crippen LogP contribution in [0.2, 0.25) is 0 Å². The zero-order valence-electron chi connectivity index (χ0n) is 12.8. The van der Waals surface area contributed by atoms with Gasteiger partial charge in [0.2, 0.25) is 0 Å². The molecule has 23 heavy (non-hydrogen) atoms. The van der Waals surface area contributed by atoms with Gasteiger partial charge in [-0.05, 0) is 36.8 Å². The quantitative estimate of drug-likeness (QED) is 0.815. The molecule has 0 saturated heterocycles. The highest BCUT2D eigenvalue weighted by atomic mass is 16.5. The third-order valence-electron chi connectivity index (χ3n) is 3.61. The Balaban J connectivity index is 1.79. The van der Waals surface area contributed by atoms with Gasteiger partial charge in [0.25, 0.3) is 5.91 Å². The zero-order chi connectivity index (χ0) is 16.2. The summed E-state index contributed by atoms with van der Waals surface area (Å²) in [6.45, 7) is 2.59. The maximum atomic E-state index is 12.1. The van der Waals surface area contributed by atoms with Gasteiger partial charge in [0, 0.05) is 0 Å². The topological polar surface area (TPSA) is 55.8 Å². The molecule has 1 amide bonds. The molecule has 2 aromatic rings. The van der Waals surface area contributed by atoms with E-state index in [4.69, 9.17) is 9.47 Å². The predicted molar refractivity (Wildman–Crippen MR) is 85.5 cm³/mol. The van der Waals surface area contributed by atoms with E-state index < -0.39 is 0 Å². The number of amides is 1. The molecule has 0 radical (unpaired) electrons. The van der Waals surface area contributed by atoms with Gasteiger partial charge in [0.1, 0.15) is 5.75 Å². The Morgan fingerprint density at radius 2 is 1.91 bits per heavy atom. The smallest absolute Gasteiger partial charge is 0.338 e. The Morgan fingerprint density at radius 3 is 2.65 bits per heavy atom. The number of fused-ring (bicyclic) bond motifs is 1. The van der Waals surface area contributed by atoms with Crippen molar-refractivity contribution < 1.29 is 19.1 Å². The van der Waals surface area contributed by atoms with Gasteiger partial charge in [-0.25, -0.2) is 4.79 Å². The molecule has 5 nitrogen and oxygen atoms in total. The molecule has 5 heteroatoms. The van der Waals surface area contributed by atoms with Crippen molar-refractivity contribution in [1.82, 2.24) is 0 Å². The van der Waals surface area contributed by atoms with E-state index in [0.29, 0.717) is 24.5 Å². The van der Waals surface area contributed by atoms with Crippen LogP contribution in [-0.2, 0) is 16.1 Å². The van der Waals surface area contributed by atoms with Crippen LogP contribution in [0.3, 0.4) is 0 Å². The normalized spacial score (nSPS) is 13.3. The van der Waals surface area contributed by atoms with Crippen molar-refractivity contribution in [2.45, 2.75) is 13.5 Å². The van der Waals surface area contributed by atoms with E-state index >= 15 is 0 Å². The lowest BCUT2D eigenvalue weighted by atomic mass is 10.1. The average molecular weight is 311 g/mol. The number of ether oxygens (including phenoxy) is 2. The number of carbonyl (C=O) groups excluding carboxylic acids is 2.